The van der Waals surface area contributed by atoms with Crippen LogP contribution in [0.2, 0.25) is 0 Å². The molecular formula is C13H25NO3. The molecule has 100 valence electrons. The zero-order valence-corrected chi connectivity index (χ0v) is 11.1. The number of aliphatic hydroxyl groups is 1. The lowest BCUT2D eigenvalue weighted by atomic mass is 9.91. The largest absolute Gasteiger partial charge is 0.480 e. The Labute approximate surface area is 104 Å². The van der Waals surface area contributed by atoms with Crippen molar-refractivity contribution in [1.82, 2.24) is 4.90 Å². The van der Waals surface area contributed by atoms with Crippen LogP contribution in [0.25, 0.3) is 0 Å². The van der Waals surface area contributed by atoms with Gasteiger partial charge in [0.25, 0.3) is 0 Å². The lowest BCUT2D eigenvalue weighted by molar-refractivity contribution is -0.145. The number of aliphatic carboxylic acids is 1. The van der Waals surface area contributed by atoms with Crippen molar-refractivity contribution in [3.05, 3.63) is 0 Å². The van der Waals surface area contributed by atoms with Gasteiger partial charge in [0.15, 0.2) is 0 Å². The summed E-state index contributed by atoms with van der Waals surface area (Å²) in [4.78, 5) is 13.2. The van der Waals surface area contributed by atoms with Crippen LogP contribution in [0.4, 0.5) is 0 Å². The van der Waals surface area contributed by atoms with Gasteiger partial charge in [-0.15, -0.1) is 0 Å². The zero-order chi connectivity index (χ0) is 13.1. The number of carbonyl (C=O) groups is 1. The molecular weight excluding hydrogens is 218 g/mol. The van der Waals surface area contributed by atoms with Gasteiger partial charge in [0.1, 0.15) is 6.04 Å². The van der Waals surface area contributed by atoms with Crippen LogP contribution in [0.1, 0.15) is 46.5 Å². The molecule has 0 aromatic carbocycles. The third-order valence-corrected chi connectivity index (χ3v) is 3.92. The zero-order valence-electron chi connectivity index (χ0n) is 11.1. The lowest BCUT2D eigenvalue weighted by Gasteiger charge is -2.36. The van der Waals surface area contributed by atoms with Gasteiger partial charge in [-0.3, -0.25) is 9.69 Å². The Morgan fingerprint density at radius 2 is 2.06 bits per heavy atom. The van der Waals surface area contributed by atoms with Crippen LogP contribution >= 0.6 is 0 Å². The Bertz CT molecular complexity index is 263. The number of rotatable bonds is 4. The topological polar surface area (TPSA) is 60.8 Å². The molecule has 0 aromatic heterocycles. The van der Waals surface area contributed by atoms with Crippen LogP contribution in [0.15, 0.2) is 0 Å². The van der Waals surface area contributed by atoms with Crippen molar-refractivity contribution in [2.45, 2.75) is 58.1 Å². The van der Waals surface area contributed by atoms with Gasteiger partial charge in [0.2, 0.25) is 0 Å². The number of hydrogen-bond donors (Lipinski definition) is 2. The summed E-state index contributed by atoms with van der Waals surface area (Å²) in [5.74, 6) is -0.633. The highest BCUT2D eigenvalue weighted by Gasteiger charge is 2.34. The molecule has 0 bridgehead atoms. The predicted octanol–water partition coefficient (Wildman–Crippen LogP) is 1.72. The first-order valence-electron chi connectivity index (χ1n) is 6.54. The summed E-state index contributed by atoms with van der Waals surface area (Å²) < 4.78 is 0. The minimum atomic E-state index is -0.821. The number of β-amino-alcohol motifs (C(OH)–C–C–N with tert-alkyl or cyclic N) is 1. The highest BCUT2D eigenvalue weighted by molar-refractivity contribution is 5.73. The molecule has 1 rings (SSSR count). The van der Waals surface area contributed by atoms with Crippen molar-refractivity contribution in [3.63, 3.8) is 0 Å². The molecule has 0 amide bonds. The van der Waals surface area contributed by atoms with Crippen LogP contribution in [0.5, 0.6) is 0 Å². The quantitative estimate of drug-likeness (QED) is 0.789. The van der Waals surface area contributed by atoms with E-state index < -0.39 is 17.6 Å². The molecule has 0 radical (unpaired) electrons. The second kappa shape index (κ2) is 5.83. The summed E-state index contributed by atoms with van der Waals surface area (Å²) in [7, 11) is 0. The number of nitrogens with zero attached hydrogens (tertiary/aromatic N) is 1. The summed E-state index contributed by atoms with van der Waals surface area (Å²) in [6.07, 6.45) is 3.78. The van der Waals surface area contributed by atoms with Crippen LogP contribution in [0.3, 0.4) is 0 Å². The van der Waals surface area contributed by atoms with E-state index in [2.05, 4.69) is 0 Å². The molecule has 0 aromatic rings. The van der Waals surface area contributed by atoms with E-state index in [1.807, 2.05) is 18.7 Å². The van der Waals surface area contributed by atoms with E-state index in [9.17, 15) is 15.0 Å². The van der Waals surface area contributed by atoms with E-state index >= 15 is 0 Å². The number of likely N-dealkylation sites (tertiary alicyclic amines) is 1. The molecule has 0 saturated carbocycles. The van der Waals surface area contributed by atoms with Gasteiger partial charge < -0.3 is 10.2 Å². The minimum Gasteiger partial charge on any atom is -0.480 e. The molecule has 1 saturated heterocycles. The van der Waals surface area contributed by atoms with Crippen molar-refractivity contribution in [2.24, 2.45) is 5.92 Å². The van der Waals surface area contributed by atoms with Gasteiger partial charge in [-0.25, -0.2) is 0 Å². The Balaban J connectivity index is 2.73. The average Bonchev–Trinajstić information content (AvgIpc) is 2.42. The summed E-state index contributed by atoms with van der Waals surface area (Å²) in [6, 6.07) is -0.428. The van der Waals surface area contributed by atoms with Gasteiger partial charge in [-0.1, -0.05) is 26.7 Å². The van der Waals surface area contributed by atoms with Gasteiger partial charge in [-0.2, -0.15) is 0 Å². The van der Waals surface area contributed by atoms with Gasteiger partial charge >= 0.3 is 5.97 Å². The molecule has 4 nitrogen and oxygen atoms in total. The number of hydrogen-bond acceptors (Lipinski definition) is 3. The van der Waals surface area contributed by atoms with Crippen molar-refractivity contribution in [2.75, 3.05) is 13.1 Å². The molecule has 2 atom stereocenters. The van der Waals surface area contributed by atoms with Crippen molar-refractivity contribution < 1.29 is 15.0 Å². The van der Waals surface area contributed by atoms with E-state index in [1.165, 1.54) is 0 Å². The van der Waals surface area contributed by atoms with E-state index in [4.69, 9.17) is 0 Å². The monoisotopic (exact) mass is 243 g/mol. The molecule has 1 aliphatic rings. The molecule has 1 aliphatic heterocycles. The highest BCUT2D eigenvalue weighted by Crippen LogP contribution is 2.23. The summed E-state index contributed by atoms with van der Waals surface area (Å²) in [6.45, 7) is 6.95. The second-order valence-corrected chi connectivity index (χ2v) is 5.69. The first-order valence-corrected chi connectivity index (χ1v) is 6.54. The first kappa shape index (κ1) is 14.5. The molecule has 2 unspecified atom stereocenters. The first-order chi connectivity index (χ1) is 7.84. The summed E-state index contributed by atoms with van der Waals surface area (Å²) >= 11 is 0. The van der Waals surface area contributed by atoms with Crippen molar-refractivity contribution in [1.29, 1.82) is 0 Å². The predicted molar refractivity (Wildman–Crippen MR) is 66.9 cm³/mol. The highest BCUT2D eigenvalue weighted by atomic mass is 16.4. The minimum absolute atomic E-state index is 0.125. The Morgan fingerprint density at radius 3 is 2.59 bits per heavy atom. The summed E-state index contributed by atoms with van der Waals surface area (Å²) in [5, 5.41) is 19.5. The Kier molecular flexibility index (Phi) is 4.95. The third kappa shape index (κ3) is 3.96. The normalized spacial score (nSPS) is 26.5. The van der Waals surface area contributed by atoms with Crippen molar-refractivity contribution >= 4 is 5.97 Å². The fourth-order valence-electron chi connectivity index (χ4n) is 2.23. The maximum atomic E-state index is 11.2. The average molecular weight is 243 g/mol. The molecule has 2 N–H and O–H groups in total. The molecule has 1 heterocycles. The molecule has 0 aliphatic carbocycles. The molecule has 4 heteroatoms. The van der Waals surface area contributed by atoms with E-state index in [1.54, 1.807) is 6.92 Å². The molecule has 1 fully saturated rings. The fourth-order valence-corrected chi connectivity index (χ4v) is 2.23. The lowest BCUT2D eigenvalue weighted by Crippen LogP contribution is -2.50. The molecule has 17 heavy (non-hydrogen) atoms. The van der Waals surface area contributed by atoms with E-state index in [0.29, 0.717) is 13.0 Å². The SMILES string of the molecule is CC(C)C(C)(O)CN1CCCCCC1C(=O)O. The maximum Gasteiger partial charge on any atom is 0.320 e. The molecule has 0 spiro atoms. The standard InChI is InChI=1S/C13H25NO3/c1-10(2)13(3,17)9-14-8-6-4-5-7-11(14)12(15)16/h10-11,17H,4-9H2,1-3H3,(H,15,16). The van der Waals surface area contributed by atoms with E-state index in [-0.39, 0.29) is 5.92 Å². The summed E-state index contributed by atoms with van der Waals surface area (Å²) in [5.41, 5.74) is -0.821. The second-order valence-electron chi connectivity index (χ2n) is 5.69. The third-order valence-electron chi connectivity index (χ3n) is 3.92. The van der Waals surface area contributed by atoms with Crippen LogP contribution in [-0.2, 0) is 4.79 Å². The Hall–Kier alpha value is -0.610. The van der Waals surface area contributed by atoms with Gasteiger partial charge in [0, 0.05) is 6.54 Å². The van der Waals surface area contributed by atoms with Crippen LogP contribution < -0.4 is 0 Å². The smallest absolute Gasteiger partial charge is 0.320 e. The van der Waals surface area contributed by atoms with Gasteiger partial charge in [0.05, 0.1) is 5.60 Å². The number of carboxylic acids is 1. The Morgan fingerprint density at radius 1 is 1.41 bits per heavy atom. The van der Waals surface area contributed by atoms with E-state index in [0.717, 1.165) is 25.8 Å². The maximum absolute atomic E-state index is 11.2. The van der Waals surface area contributed by atoms with Crippen LogP contribution in [0, 0.1) is 5.92 Å². The van der Waals surface area contributed by atoms with Gasteiger partial charge in [-0.05, 0) is 32.2 Å². The van der Waals surface area contributed by atoms with Crippen LogP contribution in [-0.4, -0.2) is 45.8 Å². The van der Waals surface area contributed by atoms with Crippen molar-refractivity contribution in [3.8, 4) is 0 Å². The number of carboxylic acid groups (broad SMARTS) is 1. The fraction of sp³-hybridized carbons (Fsp3) is 0.923.